The number of benzene rings is 1. The molecule has 3 unspecified atom stereocenters. The fraction of sp³-hybridized carbons (Fsp3) is 0.655. The molecule has 4 rings (SSSR count). The molecule has 0 bridgehead atoms. The third-order valence-corrected chi connectivity index (χ3v) is 12.2. The number of nitrogens with zero attached hydrogens (tertiary/aromatic N) is 4. The SMILES string of the molecule is CC(CO)OCCOCC(C)n1cc(-c2nn(C3CCCCO3)c3ccc(O[Si](C)(C)C(C)(C)C)cc23)cn1. The number of aliphatic hydroxyl groups is 1. The summed E-state index contributed by atoms with van der Waals surface area (Å²) in [6, 6.07) is 6.37. The zero-order valence-electron chi connectivity index (χ0n) is 24.6. The fourth-order valence-corrected chi connectivity index (χ4v) is 5.40. The van der Waals surface area contributed by atoms with Crippen molar-refractivity contribution in [3.63, 3.8) is 0 Å². The summed E-state index contributed by atoms with van der Waals surface area (Å²) in [7, 11) is -2.00. The van der Waals surface area contributed by atoms with Crippen LogP contribution in [-0.4, -0.2) is 72.1 Å². The number of rotatable bonds is 12. The van der Waals surface area contributed by atoms with Crippen LogP contribution in [-0.2, 0) is 14.2 Å². The molecule has 3 heterocycles. The van der Waals surface area contributed by atoms with E-state index in [-0.39, 0.29) is 30.0 Å². The van der Waals surface area contributed by atoms with Gasteiger partial charge in [-0.1, -0.05) is 20.8 Å². The minimum Gasteiger partial charge on any atom is -0.543 e. The second-order valence-electron chi connectivity index (χ2n) is 12.2. The number of hydrogen-bond donors (Lipinski definition) is 1. The van der Waals surface area contributed by atoms with Gasteiger partial charge in [-0.2, -0.15) is 10.2 Å². The molecule has 2 aromatic heterocycles. The van der Waals surface area contributed by atoms with E-state index in [9.17, 15) is 0 Å². The summed E-state index contributed by atoms with van der Waals surface area (Å²) in [6.45, 7) is 17.4. The zero-order valence-corrected chi connectivity index (χ0v) is 25.6. The maximum absolute atomic E-state index is 9.07. The maximum atomic E-state index is 9.07. The van der Waals surface area contributed by atoms with E-state index in [4.69, 9.17) is 28.8 Å². The summed E-state index contributed by atoms with van der Waals surface area (Å²) in [5.74, 6) is 0.881. The van der Waals surface area contributed by atoms with Crippen molar-refractivity contribution >= 4 is 19.2 Å². The average Bonchev–Trinajstić information content (AvgIpc) is 3.53. The molecule has 1 aliphatic rings. The molecule has 10 heteroatoms. The van der Waals surface area contributed by atoms with Crippen molar-refractivity contribution in [1.82, 2.24) is 19.6 Å². The maximum Gasteiger partial charge on any atom is 0.250 e. The van der Waals surface area contributed by atoms with E-state index in [0.29, 0.717) is 19.8 Å². The number of aliphatic hydroxyl groups excluding tert-OH is 1. The molecule has 3 aromatic rings. The summed E-state index contributed by atoms with van der Waals surface area (Å²) in [5, 5.41) is 19.9. The van der Waals surface area contributed by atoms with Crippen molar-refractivity contribution in [3.05, 3.63) is 30.6 Å². The predicted octanol–water partition coefficient (Wildman–Crippen LogP) is 5.96. The van der Waals surface area contributed by atoms with Crippen molar-refractivity contribution in [2.75, 3.05) is 33.0 Å². The fourth-order valence-electron chi connectivity index (χ4n) is 4.37. The third kappa shape index (κ3) is 7.10. The molecular weight excluding hydrogens is 512 g/mol. The molecule has 1 fully saturated rings. The Bertz CT molecular complexity index is 1210. The Morgan fingerprint density at radius 1 is 1.18 bits per heavy atom. The Morgan fingerprint density at radius 2 is 1.97 bits per heavy atom. The van der Waals surface area contributed by atoms with Crippen LogP contribution in [0.3, 0.4) is 0 Å². The normalized spacial score (nSPS) is 18.4. The Kier molecular flexibility index (Phi) is 9.54. The molecule has 216 valence electrons. The molecule has 0 amide bonds. The quantitative estimate of drug-likeness (QED) is 0.217. The van der Waals surface area contributed by atoms with Gasteiger partial charge < -0.3 is 23.7 Å². The molecule has 1 aliphatic heterocycles. The van der Waals surface area contributed by atoms with Gasteiger partial charge in [0.25, 0.3) is 0 Å². The number of ether oxygens (including phenoxy) is 3. The van der Waals surface area contributed by atoms with E-state index in [2.05, 4.69) is 64.1 Å². The topological polar surface area (TPSA) is 92.8 Å². The van der Waals surface area contributed by atoms with E-state index >= 15 is 0 Å². The summed E-state index contributed by atoms with van der Waals surface area (Å²) in [4.78, 5) is 0. The number of fused-ring (bicyclic) bond motifs is 1. The first-order chi connectivity index (χ1) is 18.5. The second-order valence-corrected chi connectivity index (χ2v) is 16.9. The van der Waals surface area contributed by atoms with Gasteiger partial charge >= 0.3 is 0 Å². The van der Waals surface area contributed by atoms with Crippen LogP contribution in [0.4, 0.5) is 0 Å². The highest BCUT2D eigenvalue weighted by molar-refractivity contribution is 6.74. The highest BCUT2D eigenvalue weighted by atomic mass is 28.4. The first-order valence-electron chi connectivity index (χ1n) is 14.2. The van der Waals surface area contributed by atoms with Crippen LogP contribution in [0.5, 0.6) is 5.75 Å². The average molecular weight is 559 g/mol. The van der Waals surface area contributed by atoms with Crippen molar-refractivity contribution in [1.29, 1.82) is 0 Å². The molecule has 0 spiro atoms. The molecule has 0 saturated carbocycles. The van der Waals surface area contributed by atoms with Crippen LogP contribution in [0.1, 0.15) is 66.2 Å². The van der Waals surface area contributed by atoms with Crippen LogP contribution in [0, 0.1) is 0 Å². The number of hydrogen-bond acceptors (Lipinski definition) is 7. The van der Waals surface area contributed by atoms with E-state index in [1.165, 1.54) is 0 Å². The van der Waals surface area contributed by atoms with Gasteiger partial charge in [-0.25, -0.2) is 4.68 Å². The van der Waals surface area contributed by atoms with Gasteiger partial charge in [-0.15, -0.1) is 0 Å². The molecule has 9 nitrogen and oxygen atoms in total. The molecule has 0 aliphatic carbocycles. The minimum atomic E-state index is -2.00. The lowest BCUT2D eigenvalue weighted by Crippen LogP contribution is -2.43. The van der Waals surface area contributed by atoms with Crippen molar-refractivity contribution < 1.29 is 23.7 Å². The highest BCUT2D eigenvalue weighted by Crippen LogP contribution is 2.40. The Balaban J connectivity index is 1.58. The van der Waals surface area contributed by atoms with Gasteiger partial charge in [0.15, 0.2) is 6.23 Å². The smallest absolute Gasteiger partial charge is 0.250 e. The van der Waals surface area contributed by atoms with E-state index < -0.39 is 8.32 Å². The molecule has 3 atom stereocenters. The predicted molar refractivity (Wildman–Crippen MR) is 156 cm³/mol. The van der Waals surface area contributed by atoms with Crippen molar-refractivity contribution in [2.45, 2.75) is 90.4 Å². The molecule has 1 aromatic carbocycles. The van der Waals surface area contributed by atoms with Gasteiger partial charge in [0, 0.05) is 23.8 Å². The van der Waals surface area contributed by atoms with E-state index in [1.807, 2.05) is 28.7 Å². The first-order valence-corrected chi connectivity index (χ1v) is 17.1. The van der Waals surface area contributed by atoms with E-state index in [0.717, 1.165) is 53.8 Å². The van der Waals surface area contributed by atoms with Crippen LogP contribution in [0.2, 0.25) is 18.1 Å². The lowest BCUT2D eigenvalue weighted by molar-refractivity contribution is -0.0365. The summed E-state index contributed by atoms with van der Waals surface area (Å²) < 4.78 is 28.0. The molecular formula is C29H46N4O5Si. The Morgan fingerprint density at radius 3 is 2.67 bits per heavy atom. The highest BCUT2D eigenvalue weighted by Gasteiger charge is 2.39. The lowest BCUT2D eigenvalue weighted by atomic mass is 10.1. The molecule has 0 radical (unpaired) electrons. The second kappa shape index (κ2) is 12.5. The van der Waals surface area contributed by atoms with Gasteiger partial charge in [0.1, 0.15) is 11.4 Å². The molecule has 1 N–H and O–H groups in total. The lowest BCUT2D eigenvalue weighted by Gasteiger charge is -2.36. The Labute approximate surface area is 233 Å². The minimum absolute atomic E-state index is 0.00763. The monoisotopic (exact) mass is 558 g/mol. The molecule has 1 saturated heterocycles. The van der Waals surface area contributed by atoms with Crippen LogP contribution >= 0.6 is 0 Å². The van der Waals surface area contributed by atoms with Crippen molar-refractivity contribution in [3.8, 4) is 17.0 Å². The summed E-state index contributed by atoms with van der Waals surface area (Å²) >= 11 is 0. The van der Waals surface area contributed by atoms with Gasteiger partial charge in [0.05, 0.1) is 50.3 Å². The Hall–Kier alpha value is -2.24. The summed E-state index contributed by atoms with van der Waals surface area (Å²) in [6.07, 6.45) is 6.83. The number of aromatic nitrogens is 4. The molecule has 39 heavy (non-hydrogen) atoms. The summed E-state index contributed by atoms with van der Waals surface area (Å²) in [5.41, 5.74) is 2.87. The zero-order chi connectivity index (χ0) is 28.2. The van der Waals surface area contributed by atoms with Crippen LogP contribution in [0.15, 0.2) is 30.6 Å². The van der Waals surface area contributed by atoms with Crippen LogP contribution in [0.25, 0.3) is 22.2 Å². The standard InChI is InChI=1S/C29H46N4O5Si/c1-21(20-35-14-15-36-22(2)19-34)32-18-23(17-30-32)28-25-16-24(38-39(6,7)29(3,4)5)11-12-26(25)33(31-28)27-10-8-9-13-37-27/h11-12,16-18,21-22,27,34H,8-10,13-15,19-20H2,1-7H3. The van der Waals surface area contributed by atoms with Gasteiger partial charge in [0.2, 0.25) is 8.32 Å². The van der Waals surface area contributed by atoms with Crippen LogP contribution < -0.4 is 4.43 Å². The van der Waals surface area contributed by atoms with Gasteiger partial charge in [-0.3, -0.25) is 4.68 Å². The third-order valence-electron chi connectivity index (χ3n) is 7.86. The van der Waals surface area contributed by atoms with Gasteiger partial charge in [-0.05, 0) is 69.4 Å². The largest absolute Gasteiger partial charge is 0.543 e. The van der Waals surface area contributed by atoms with Crippen molar-refractivity contribution in [2.24, 2.45) is 0 Å². The van der Waals surface area contributed by atoms with E-state index in [1.54, 1.807) is 0 Å². The first kappa shape index (κ1) is 29.7.